The Hall–Kier alpha value is -2.29. The quantitative estimate of drug-likeness (QED) is 0.308. The number of carbonyl (C=O) groups excluding carboxylic acids is 1. The topological polar surface area (TPSA) is 60.0 Å². The van der Waals surface area contributed by atoms with Crippen molar-refractivity contribution in [3.8, 4) is 0 Å². The Morgan fingerprint density at radius 1 is 0.939 bits per heavy atom. The van der Waals surface area contributed by atoms with Gasteiger partial charge in [0.1, 0.15) is 0 Å². The lowest BCUT2D eigenvalue weighted by Crippen LogP contribution is -2.45. The summed E-state index contributed by atoms with van der Waals surface area (Å²) < 4.78 is 0. The first-order valence-corrected chi connectivity index (χ1v) is 11.9. The molecular weight excluding hydrogens is 525 g/mol. The summed E-state index contributed by atoms with van der Waals surface area (Å²) in [6, 6.07) is 18.9. The van der Waals surface area contributed by atoms with Crippen LogP contribution in [0, 0.1) is 5.92 Å². The van der Waals surface area contributed by atoms with Crippen molar-refractivity contribution < 1.29 is 4.79 Å². The van der Waals surface area contributed by atoms with Crippen LogP contribution in [0.4, 0.5) is 10.5 Å². The highest BCUT2D eigenvalue weighted by Crippen LogP contribution is 2.22. The molecule has 0 atom stereocenters. The monoisotopic (exact) mass is 561 g/mol. The van der Waals surface area contributed by atoms with Crippen LogP contribution in [-0.2, 0) is 13.0 Å². The van der Waals surface area contributed by atoms with Crippen LogP contribution in [0.2, 0.25) is 0 Å². The Morgan fingerprint density at radius 2 is 1.64 bits per heavy atom. The predicted octanol–water partition coefficient (Wildman–Crippen LogP) is 4.96. The van der Waals surface area contributed by atoms with Gasteiger partial charge in [0, 0.05) is 45.5 Å². The first-order valence-electron chi connectivity index (χ1n) is 11.9. The second kappa shape index (κ2) is 12.8. The third-order valence-corrected chi connectivity index (χ3v) is 6.52. The number of rotatable bonds is 5. The van der Waals surface area contributed by atoms with E-state index in [-0.39, 0.29) is 30.0 Å². The van der Waals surface area contributed by atoms with Crippen molar-refractivity contribution in [2.75, 3.05) is 38.5 Å². The molecule has 2 aromatic rings. The normalized spacial score (nSPS) is 16.9. The number of nitrogens with zero attached hydrogens (tertiary/aromatic N) is 3. The van der Waals surface area contributed by atoms with Gasteiger partial charge in [-0.15, -0.1) is 24.0 Å². The number of amides is 2. The highest BCUT2D eigenvalue weighted by Gasteiger charge is 2.22. The van der Waals surface area contributed by atoms with Gasteiger partial charge in [-0.2, -0.15) is 0 Å². The maximum Gasteiger partial charge on any atom is 0.321 e. The SMILES string of the molecule is CN=C(NCc1cccc(NC(=O)N2CCCC2)c1)N1CCC(Cc2ccccc2)CC1.I. The van der Waals surface area contributed by atoms with Crippen molar-refractivity contribution in [2.24, 2.45) is 10.9 Å². The standard InChI is InChI=1S/C26H35N5O.HI/c1-27-25(30-16-12-22(13-17-30)18-21-8-3-2-4-9-21)28-20-23-10-7-11-24(19-23)29-26(32)31-14-5-6-15-31;/h2-4,7-11,19,22H,5-6,12-18,20H2,1H3,(H,27,28)(H,29,32);1H. The zero-order chi connectivity index (χ0) is 22.2. The summed E-state index contributed by atoms with van der Waals surface area (Å²) >= 11 is 0. The zero-order valence-electron chi connectivity index (χ0n) is 19.5. The molecule has 2 fully saturated rings. The summed E-state index contributed by atoms with van der Waals surface area (Å²) in [5.74, 6) is 1.69. The van der Waals surface area contributed by atoms with E-state index in [0.29, 0.717) is 6.54 Å². The molecule has 33 heavy (non-hydrogen) atoms. The highest BCUT2D eigenvalue weighted by atomic mass is 127. The van der Waals surface area contributed by atoms with Crippen LogP contribution >= 0.6 is 24.0 Å². The second-order valence-corrected chi connectivity index (χ2v) is 8.85. The third-order valence-electron chi connectivity index (χ3n) is 6.52. The van der Waals surface area contributed by atoms with Gasteiger partial charge in [-0.1, -0.05) is 42.5 Å². The van der Waals surface area contributed by atoms with E-state index in [1.807, 2.05) is 30.1 Å². The minimum atomic E-state index is 0. The largest absolute Gasteiger partial charge is 0.352 e. The first kappa shape index (κ1) is 25.3. The van der Waals surface area contributed by atoms with E-state index in [1.165, 1.54) is 18.4 Å². The zero-order valence-corrected chi connectivity index (χ0v) is 21.8. The minimum Gasteiger partial charge on any atom is -0.352 e. The maximum absolute atomic E-state index is 12.4. The molecule has 0 bridgehead atoms. The lowest BCUT2D eigenvalue weighted by molar-refractivity contribution is 0.222. The highest BCUT2D eigenvalue weighted by molar-refractivity contribution is 14.0. The number of benzene rings is 2. The van der Waals surface area contributed by atoms with E-state index in [1.54, 1.807) is 0 Å². The summed E-state index contributed by atoms with van der Waals surface area (Å²) in [4.78, 5) is 21.1. The first-order chi connectivity index (χ1) is 15.7. The molecule has 2 N–H and O–H groups in total. The van der Waals surface area contributed by atoms with Crippen molar-refractivity contribution in [3.05, 3.63) is 65.7 Å². The molecule has 2 aromatic carbocycles. The van der Waals surface area contributed by atoms with Crippen LogP contribution in [0.25, 0.3) is 0 Å². The Labute approximate surface area is 214 Å². The number of nitrogens with one attached hydrogen (secondary N) is 2. The summed E-state index contributed by atoms with van der Waals surface area (Å²) in [7, 11) is 1.85. The molecule has 4 rings (SSSR count). The fraction of sp³-hybridized carbons (Fsp3) is 0.462. The van der Waals surface area contributed by atoms with Gasteiger partial charge in [-0.3, -0.25) is 4.99 Å². The number of anilines is 1. The summed E-state index contributed by atoms with van der Waals surface area (Å²) in [6.07, 6.45) is 5.73. The summed E-state index contributed by atoms with van der Waals surface area (Å²) in [5, 5.41) is 6.54. The molecule has 0 spiro atoms. The van der Waals surface area contributed by atoms with Crippen LogP contribution < -0.4 is 10.6 Å². The van der Waals surface area contributed by atoms with Gasteiger partial charge in [-0.25, -0.2) is 4.79 Å². The van der Waals surface area contributed by atoms with Crippen LogP contribution in [0.5, 0.6) is 0 Å². The Balaban J connectivity index is 0.00000306. The number of aliphatic imine (C=N–C) groups is 1. The molecule has 0 aliphatic carbocycles. The van der Waals surface area contributed by atoms with E-state index >= 15 is 0 Å². The lowest BCUT2D eigenvalue weighted by Gasteiger charge is -2.34. The molecule has 6 nitrogen and oxygen atoms in total. The van der Waals surface area contributed by atoms with E-state index in [9.17, 15) is 4.79 Å². The molecule has 0 radical (unpaired) electrons. The molecule has 2 amide bonds. The summed E-state index contributed by atoms with van der Waals surface area (Å²) in [6.45, 7) is 4.45. The van der Waals surface area contributed by atoms with Crippen LogP contribution in [0.15, 0.2) is 59.6 Å². The average molecular weight is 562 g/mol. The van der Waals surface area contributed by atoms with Gasteiger partial charge >= 0.3 is 6.03 Å². The van der Waals surface area contributed by atoms with Crippen molar-refractivity contribution >= 4 is 41.7 Å². The third kappa shape index (κ3) is 7.35. The molecule has 2 aliphatic heterocycles. The number of hydrogen-bond acceptors (Lipinski definition) is 2. The number of halogens is 1. The fourth-order valence-electron chi connectivity index (χ4n) is 4.69. The number of guanidine groups is 1. The van der Waals surface area contributed by atoms with Crippen molar-refractivity contribution in [3.63, 3.8) is 0 Å². The fourth-order valence-corrected chi connectivity index (χ4v) is 4.69. The Morgan fingerprint density at radius 3 is 2.33 bits per heavy atom. The molecule has 2 saturated heterocycles. The van der Waals surface area contributed by atoms with E-state index in [0.717, 1.165) is 68.6 Å². The summed E-state index contributed by atoms with van der Waals surface area (Å²) in [5.41, 5.74) is 3.41. The van der Waals surface area contributed by atoms with Crippen molar-refractivity contribution in [1.82, 2.24) is 15.1 Å². The minimum absolute atomic E-state index is 0. The Bertz CT molecular complexity index is 906. The van der Waals surface area contributed by atoms with Gasteiger partial charge in [0.2, 0.25) is 0 Å². The number of piperidine rings is 1. The van der Waals surface area contributed by atoms with Crippen LogP contribution in [0.1, 0.15) is 36.8 Å². The van der Waals surface area contributed by atoms with Crippen molar-refractivity contribution in [2.45, 2.75) is 38.6 Å². The van der Waals surface area contributed by atoms with E-state index < -0.39 is 0 Å². The molecule has 2 aliphatic rings. The van der Waals surface area contributed by atoms with Gasteiger partial charge in [0.25, 0.3) is 0 Å². The predicted molar refractivity (Wildman–Crippen MR) is 146 cm³/mol. The van der Waals surface area contributed by atoms with Gasteiger partial charge < -0.3 is 20.4 Å². The van der Waals surface area contributed by atoms with E-state index in [2.05, 4.69) is 56.9 Å². The van der Waals surface area contributed by atoms with Gasteiger partial charge in [0.15, 0.2) is 5.96 Å². The number of likely N-dealkylation sites (tertiary alicyclic amines) is 2. The van der Waals surface area contributed by atoms with Gasteiger partial charge in [0.05, 0.1) is 0 Å². The smallest absolute Gasteiger partial charge is 0.321 e. The lowest BCUT2D eigenvalue weighted by atomic mass is 9.90. The number of hydrogen-bond donors (Lipinski definition) is 2. The van der Waals surface area contributed by atoms with E-state index in [4.69, 9.17) is 0 Å². The number of urea groups is 1. The van der Waals surface area contributed by atoms with Crippen LogP contribution in [0.3, 0.4) is 0 Å². The molecule has 178 valence electrons. The average Bonchev–Trinajstić information content (AvgIpc) is 3.37. The van der Waals surface area contributed by atoms with Crippen LogP contribution in [-0.4, -0.2) is 55.0 Å². The second-order valence-electron chi connectivity index (χ2n) is 8.85. The molecule has 2 heterocycles. The maximum atomic E-state index is 12.4. The number of carbonyl (C=O) groups is 1. The molecule has 0 unspecified atom stereocenters. The molecular formula is C26H36IN5O. The Kier molecular flexibility index (Phi) is 9.84. The molecule has 7 heteroatoms. The van der Waals surface area contributed by atoms with Crippen molar-refractivity contribution in [1.29, 1.82) is 0 Å². The molecule has 0 saturated carbocycles. The van der Waals surface area contributed by atoms with Gasteiger partial charge in [-0.05, 0) is 61.3 Å². The molecule has 0 aromatic heterocycles.